The van der Waals surface area contributed by atoms with Crippen molar-refractivity contribution >= 4 is 21.9 Å². The number of hydrogen-bond donors (Lipinski definition) is 1. The van der Waals surface area contributed by atoms with Crippen molar-refractivity contribution in [2.75, 3.05) is 19.8 Å². The first-order valence-corrected chi connectivity index (χ1v) is 7.08. The molecule has 7 heteroatoms. The summed E-state index contributed by atoms with van der Waals surface area (Å²) >= 11 is 3.56. The van der Waals surface area contributed by atoms with Crippen LogP contribution in [-0.2, 0) is 29.5 Å². The molecular formula is C12H18BrN3O3. The summed E-state index contributed by atoms with van der Waals surface area (Å²) in [5, 5.41) is 13.6. The fourth-order valence-electron chi connectivity index (χ4n) is 2.24. The van der Waals surface area contributed by atoms with Gasteiger partial charge in [0.1, 0.15) is 6.04 Å². The second kappa shape index (κ2) is 6.02. The van der Waals surface area contributed by atoms with E-state index in [0.717, 1.165) is 22.3 Å². The normalized spacial score (nSPS) is 20.7. The highest BCUT2D eigenvalue weighted by Gasteiger charge is 2.30. The summed E-state index contributed by atoms with van der Waals surface area (Å²) in [5.41, 5.74) is 2.00. The first-order valence-electron chi connectivity index (χ1n) is 6.29. The number of aryl methyl sites for hydroxylation is 2. The van der Waals surface area contributed by atoms with Crippen molar-refractivity contribution in [3.63, 3.8) is 0 Å². The van der Waals surface area contributed by atoms with Crippen LogP contribution in [0.15, 0.2) is 4.47 Å². The molecule has 0 radical (unpaired) electrons. The Morgan fingerprint density at radius 2 is 2.37 bits per heavy atom. The van der Waals surface area contributed by atoms with E-state index in [1.54, 1.807) is 0 Å². The van der Waals surface area contributed by atoms with E-state index in [-0.39, 0.29) is 6.61 Å². The summed E-state index contributed by atoms with van der Waals surface area (Å²) in [4.78, 5) is 13.2. The van der Waals surface area contributed by atoms with E-state index in [1.807, 2.05) is 23.6 Å². The number of halogens is 1. The fraction of sp³-hybridized carbons (Fsp3) is 0.667. The second-order valence-corrected chi connectivity index (χ2v) is 5.38. The van der Waals surface area contributed by atoms with Crippen LogP contribution < -0.4 is 0 Å². The summed E-state index contributed by atoms with van der Waals surface area (Å²) in [6.45, 7) is 4.04. The molecule has 2 rings (SSSR count). The molecular weight excluding hydrogens is 314 g/mol. The largest absolute Gasteiger partial charge is 0.480 e. The maximum Gasteiger partial charge on any atom is 0.323 e. The van der Waals surface area contributed by atoms with E-state index in [4.69, 9.17) is 4.74 Å². The van der Waals surface area contributed by atoms with Crippen LogP contribution in [0, 0.1) is 0 Å². The number of carbonyl (C=O) groups is 1. The SMILES string of the molecule is CCc1nn(C)c(CN2CCOCC2C(=O)O)c1Br. The molecule has 106 valence electrons. The molecule has 0 aromatic carbocycles. The molecule has 1 aromatic rings. The molecule has 0 bridgehead atoms. The predicted octanol–water partition coefficient (Wildman–Crippen LogP) is 1.03. The van der Waals surface area contributed by atoms with Gasteiger partial charge in [-0.1, -0.05) is 6.92 Å². The standard InChI is InChI=1S/C12H18BrN3O3/c1-3-8-11(13)9(15(2)14-8)6-16-4-5-19-7-10(16)12(17)18/h10H,3-7H2,1-2H3,(H,17,18). The van der Waals surface area contributed by atoms with Crippen LogP contribution in [0.25, 0.3) is 0 Å². The average molecular weight is 332 g/mol. The highest BCUT2D eigenvalue weighted by molar-refractivity contribution is 9.10. The highest BCUT2D eigenvalue weighted by Crippen LogP contribution is 2.24. The molecule has 2 heterocycles. The molecule has 1 aliphatic heterocycles. The molecule has 0 saturated carbocycles. The molecule has 19 heavy (non-hydrogen) atoms. The summed E-state index contributed by atoms with van der Waals surface area (Å²) in [6.07, 6.45) is 0.847. The Hall–Kier alpha value is -0.920. The van der Waals surface area contributed by atoms with Crippen molar-refractivity contribution in [3.05, 3.63) is 15.9 Å². The Morgan fingerprint density at radius 3 is 2.95 bits per heavy atom. The van der Waals surface area contributed by atoms with Gasteiger partial charge in [0, 0.05) is 20.1 Å². The van der Waals surface area contributed by atoms with Crippen molar-refractivity contribution in [2.24, 2.45) is 7.05 Å². The van der Waals surface area contributed by atoms with Crippen LogP contribution in [0.2, 0.25) is 0 Å². The summed E-state index contributed by atoms with van der Waals surface area (Å²) in [5.74, 6) is -0.839. The Kier molecular flexibility index (Phi) is 4.59. The minimum Gasteiger partial charge on any atom is -0.480 e. The second-order valence-electron chi connectivity index (χ2n) is 4.58. The first kappa shape index (κ1) is 14.5. The number of rotatable bonds is 4. The van der Waals surface area contributed by atoms with E-state index < -0.39 is 12.0 Å². The Bertz CT molecular complexity index is 475. The van der Waals surface area contributed by atoms with E-state index in [9.17, 15) is 9.90 Å². The quantitative estimate of drug-likeness (QED) is 0.892. The van der Waals surface area contributed by atoms with Gasteiger partial charge >= 0.3 is 5.97 Å². The number of morpholine rings is 1. The Labute approximate surface area is 120 Å². The lowest BCUT2D eigenvalue weighted by molar-refractivity contribution is -0.150. The van der Waals surface area contributed by atoms with Crippen molar-refractivity contribution < 1.29 is 14.6 Å². The molecule has 1 aliphatic rings. The summed E-state index contributed by atoms with van der Waals surface area (Å²) in [6, 6.07) is -0.583. The molecule has 1 aromatic heterocycles. The zero-order valence-corrected chi connectivity index (χ0v) is 12.7. The highest BCUT2D eigenvalue weighted by atomic mass is 79.9. The number of nitrogens with zero attached hydrogens (tertiary/aromatic N) is 3. The van der Waals surface area contributed by atoms with Gasteiger partial charge in [0.05, 0.1) is 29.1 Å². The lowest BCUT2D eigenvalue weighted by Gasteiger charge is -2.32. The third kappa shape index (κ3) is 2.98. The first-order chi connectivity index (χ1) is 9.04. The molecule has 1 unspecified atom stereocenters. The smallest absolute Gasteiger partial charge is 0.323 e. The lowest BCUT2D eigenvalue weighted by Crippen LogP contribution is -2.49. The van der Waals surface area contributed by atoms with Crippen LogP contribution in [0.3, 0.4) is 0 Å². The maximum absolute atomic E-state index is 11.2. The van der Waals surface area contributed by atoms with Crippen molar-refractivity contribution in [2.45, 2.75) is 25.9 Å². The number of hydrogen-bond acceptors (Lipinski definition) is 4. The van der Waals surface area contributed by atoms with Gasteiger partial charge in [-0.05, 0) is 22.4 Å². The fourth-order valence-corrected chi connectivity index (χ4v) is 2.98. The van der Waals surface area contributed by atoms with Crippen molar-refractivity contribution in [3.8, 4) is 0 Å². The van der Waals surface area contributed by atoms with Gasteiger partial charge in [-0.2, -0.15) is 5.10 Å². The van der Waals surface area contributed by atoms with E-state index in [1.165, 1.54) is 0 Å². The topological polar surface area (TPSA) is 67.6 Å². The molecule has 1 N–H and O–H groups in total. The maximum atomic E-state index is 11.2. The van der Waals surface area contributed by atoms with Gasteiger partial charge in [-0.25, -0.2) is 0 Å². The zero-order valence-electron chi connectivity index (χ0n) is 11.1. The van der Waals surface area contributed by atoms with Crippen molar-refractivity contribution in [1.29, 1.82) is 0 Å². The van der Waals surface area contributed by atoms with E-state index in [0.29, 0.717) is 19.7 Å². The third-order valence-corrected chi connectivity index (χ3v) is 4.30. The minimum absolute atomic E-state index is 0.242. The summed E-state index contributed by atoms with van der Waals surface area (Å²) < 4.78 is 8.04. The molecule has 6 nitrogen and oxygen atoms in total. The number of aliphatic carboxylic acids is 1. The number of ether oxygens (including phenoxy) is 1. The van der Waals surface area contributed by atoms with Gasteiger partial charge in [0.15, 0.2) is 0 Å². The van der Waals surface area contributed by atoms with Crippen LogP contribution in [-0.4, -0.2) is 51.6 Å². The monoisotopic (exact) mass is 331 g/mol. The van der Waals surface area contributed by atoms with E-state index >= 15 is 0 Å². The van der Waals surface area contributed by atoms with Crippen LogP contribution in [0.4, 0.5) is 0 Å². The van der Waals surface area contributed by atoms with Crippen LogP contribution in [0.5, 0.6) is 0 Å². The van der Waals surface area contributed by atoms with Gasteiger partial charge in [0.2, 0.25) is 0 Å². The van der Waals surface area contributed by atoms with Gasteiger partial charge in [-0.3, -0.25) is 14.4 Å². The molecule has 1 fully saturated rings. The number of carboxylic acid groups (broad SMARTS) is 1. The minimum atomic E-state index is -0.839. The average Bonchev–Trinajstić information content (AvgIpc) is 2.66. The lowest BCUT2D eigenvalue weighted by atomic mass is 10.2. The molecule has 0 spiro atoms. The summed E-state index contributed by atoms with van der Waals surface area (Å²) in [7, 11) is 1.88. The Balaban J connectivity index is 2.19. The molecule has 0 aliphatic carbocycles. The van der Waals surface area contributed by atoms with Gasteiger partial charge in [-0.15, -0.1) is 0 Å². The van der Waals surface area contributed by atoms with Gasteiger partial charge < -0.3 is 9.84 Å². The predicted molar refractivity (Wildman–Crippen MR) is 72.9 cm³/mol. The van der Waals surface area contributed by atoms with Crippen molar-refractivity contribution in [1.82, 2.24) is 14.7 Å². The van der Waals surface area contributed by atoms with Crippen LogP contribution >= 0.6 is 15.9 Å². The zero-order chi connectivity index (χ0) is 14.0. The van der Waals surface area contributed by atoms with E-state index in [2.05, 4.69) is 21.0 Å². The number of carboxylic acids is 1. The number of aromatic nitrogens is 2. The molecule has 0 amide bonds. The molecule has 1 atom stereocenters. The third-order valence-electron chi connectivity index (χ3n) is 3.38. The molecule has 1 saturated heterocycles. The Morgan fingerprint density at radius 1 is 1.63 bits per heavy atom. The van der Waals surface area contributed by atoms with Gasteiger partial charge in [0.25, 0.3) is 0 Å². The van der Waals surface area contributed by atoms with Crippen LogP contribution in [0.1, 0.15) is 18.3 Å².